The molecule has 1 aromatic carbocycles. The van der Waals surface area contributed by atoms with E-state index in [0.29, 0.717) is 11.2 Å². The predicted octanol–water partition coefficient (Wildman–Crippen LogP) is 2.81. The molecule has 1 aromatic heterocycles. The fraction of sp³-hybridized carbons (Fsp3) is 0.273. The van der Waals surface area contributed by atoms with Crippen LogP contribution in [0.2, 0.25) is 0 Å². The van der Waals surface area contributed by atoms with Gasteiger partial charge in [0.15, 0.2) is 11.0 Å². The second kappa shape index (κ2) is 4.06. The summed E-state index contributed by atoms with van der Waals surface area (Å²) in [5, 5.41) is 8.79. The molecule has 0 saturated carbocycles. The number of hydrogen-bond acceptors (Lipinski definition) is 3. The van der Waals surface area contributed by atoms with Gasteiger partial charge in [-0.1, -0.05) is 30.3 Å². The quantitative estimate of drug-likeness (QED) is 0.787. The van der Waals surface area contributed by atoms with Crippen LogP contribution in [0.25, 0.3) is 11.4 Å². The molecule has 0 unspecified atom stereocenters. The summed E-state index contributed by atoms with van der Waals surface area (Å²) in [5.74, 6) is 0.871. The van der Waals surface area contributed by atoms with Crippen molar-refractivity contribution in [2.75, 3.05) is 0 Å². The highest BCUT2D eigenvalue weighted by atomic mass is 32.1. The molecule has 0 fully saturated rings. The van der Waals surface area contributed by atoms with Crippen LogP contribution < -0.4 is 0 Å². The predicted molar refractivity (Wildman–Crippen MR) is 63.1 cm³/mol. The SMILES string of the molecule is CC(C)n1c(S)nnc1-c1ccccc1. The molecule has 0 atom stereocenters. The zero-order chi connectivity index (χ0) is 10.8. The minimum atomic E-state index is 0.308. The minimum absolute atomic E-state index is 0.308. The van der Waals surface area contributed by atoms with Crippen molar-refractivity contribution in [1.82, 2.24) is 14.8 Å². The van der Waals surface area contributed by atoms with Gasteiger partial charge in [0.05, 0.1) is 0 Å². The molecule has 2 aromatic rings. The lowest BCUT2D eigenvalue weighted by molar-refractivity contribution is 0.556. The Morgan fingerprint density at radius 2 is 1.80 bits per heavy atom. The minimum Gasteiger partial charge on any atom is -0.300 e. The van der Waals surface area contributed by atoms with Gasteiger partial charge < -0.3 is 0 Å². The first kappa shape index (κ1) is 10.2. The van der Waals surface area contributed by atoms with E-state index in [1.165, 1.54) is 0 Å². The number of hydrogen-bond donors (Lipinski definition) is 1. The van der Waals surface area contributed by atoms with Crippen LogP contribution in [-0.4, -0.2) is 14.8 Å². The summed E-state index contributed by atoms with van der Waals surface area (Å²) in [7, 11) is 0. The highest BCUT2D eigenvalue weighted by Gasteiger charge is 2.13. The maximum Gasteiger partial charge on any atom is 0.188 e. The molecule has 0 radical (unpaired) electrons. The van der Waals surface area contributed by atoms with Crippen LogP contribution in [-0.2, 0) is 0 Å². The third-order valence-electron chi connectivity index (χ3n) is 2.23. The van der Waals surface area contributed by atoms with Crippen LogP contribution in [0, 0.1) is 0 Å². The Morgan fingerprint density at radius 3 is 2.40 bits per heavy atom. The van der Waals surface area contributed by atoms with Crippen LogP contribution in [0.1, 0.15) is 19.9 Å². The molecule has 0 aliphatic rings. The molecule has 0 bridgehead atoms. The van der Waals surface area contributed by atoms with Gasteiger partial charge in [-0.05, 0) is 13.8 Å². The highest BCUT2D eigenvalue weighted by molar-refractivity contribution is 7.80. The fourth-order valence-electron chi connectivity index (χ4n) is 1.54. The first-order valence-electron chi connectivity index (χ1n) is 4.89. The molecule has 2 rings (SSSR count). The Hall–Kier alpha value is -1.29. The van der Waals surface area contributed by atoms with Crippen LogP contribution >= 0.6 is 12.6 Å². The van der Waals surface area contributed by atoms with Crippen molar-refractivity contribution in [3.8, 4) is 11.4 Å². The molecule has 78 valence electrons. The number of benzene rings is 1. The van der Waals surface area contributed by atoms with Crippen molar-refractivity contribution in [2.24, 2.45) is 0 Å². The summed E-state index contributed by atoms with van der Waals surface area (Å²) in [6, 6.07) is 10.3. The summed E-state index contributed by atoms with van der Waals surface area (Å²) >= 11 is 4.30. The van der Waals surface area contributed by atoms with Gasteiger partial charge in [-0.15, -0.1) is 22.8 Å². The van der Waals surface area contributed by atoms with E-state index in [0.717, 1.165) is 11.4 Å². The van der Waals surface area contributed by atoms with Gasteiger partial charge in [-0.3, -0.25) is 4.57 Å². The van der Waals surface area contributed by atoms with Crippen LogP contribution in [0.5, 0.6) is 0 Å². The summed E-state index contributed by atoms with van der Waals surface area (Å²) in [6.45, 7) is 4.19. The molecule has 0 aliphatic carbocycles. The summed E-state index contributed by atoms with van der Waals surface area (Å²) in [4.78, 5) is 0. The lowest BCUT2D eigenvalue weighted by Crippen LogP contribution is -2.03. The van der Waals surface area contributed by atoms with E-state index in [4.69, 9.17) is 0 Å². The third-order valence-corrected chi connectivity index (χ3v) is 2.53. The number of nitrogens with zero attached hydrogens (tertiary/aromatic N) is 3. The molecule has 15 heavy (non-hydrogen) atoms. The Labute approximate surface area is 94.6 Å². The summed E-state index contributed by atoms with van der Waals surface area (Å²) < 4.78 is 2.01. The van der Waals surface area contributed by atoms with Crippen molar-refractivity contribution < 1.29 is 0 Å². The van der Waals surface area contributed by atoms with E-state index in [-0.39, 0.29) is 0 Å². The molecule has 0 amide bonds. The first-order chi connectivity index (χ1) is 7.20. The second-order valence-electron chi connectivity index (χ2n) is 3.65. The van der Waals surface area contributed by atoms with Crippen molar-refractivity contribution in [3.05, 3.63) is 30.3 Å². The second-order valence-corrected chi connectivity index (χ2v) is 4.05. The van der Waals surface area contributed by atoms with Gasteiger partial charge in [0.1, 0.15) is 0 Å². The monoisotopic (exact) mass is 219 g/mol. The molecule has 4 heteroatoms. The van der Waals surface area contributed by atoms with E-state index in [1.807, 2.05) is 34.9 Å². The Morgan fingerprint density at radius 1 is 1.13 bits per heavy atom. The normalized spacial score (nSPS) is 10.9. The van der Waals surface area contributed by atoms with Crippen LogP contribution in [0.15, 0.2) is 35.5 Å². The smallest absolute Gasteiger partial charge is 0.188 e. The number of rotatable bonds is 2. The average Bonchev–Trinajstić information content (AvgIpc) is 2.61. The van der Waals surface area contributed by atoms with Gasteiger partial charge >= 0.3 is 0 Å². The molecule has 0 aliphatic heterocycles. The first-order valence-corrected chi connectivity index (χ1v) is 5.34. The van der Waals surface area contributed by atoms with Crippen molar-refractivity contribution in [2.45, 2.75) is 25.0 Å². The van der Waals surface area contributed by atoms with E-state index in [2.05, 4.69) is 36.7 Å². The van der Waals surface area contributed by atoms with Gasteiger partial charge in [-0.2, -0.15) is 0 Å². The van der Waals surface area contributed by atoms with Crippen LogP contribution in [0.4, 0.5) is 0 Å². The van der Waals surface area contributed by atoms with E-state index in [9.17, 15) is 0 Å². The largest absolute Gasteiger partial charge is 0.300 e. The van der Waals surface area contributed by atoms with Gasteiger partial charge in [0.25, 0.3) is 0 Å². The Kier molecular flexibility index (Phi) is 2.77. The maximum atomic E-state index is 4.30. The number of thiol groups is 1. The molecule has 0 N–H and O–H groups in total. The maximum absolute atomic E-state index is 4.30. The zero-order valence-electron chi connectivity index (χ0n) is 8.75. The lowest BCUT2D eigenvalue weighted by Gasteiger charge is -2.11. The molecule has 1 heterocycles. The van der Waals surface area contributed by atoms with Crippen LogP contribution in [0.3, 0.4) is 0 Å². The fourth-order valence-corrected chi connectivity index (χ4v) is 1.91. The lowest BCUT2D eigenvalue weighted by atomic mass is 10.2. The van der Waals surface area contributed by atoms with Gasteiger partial charge in [0.2, 0.25) is 0 Å². The third kappa shape index (κ3) is 1.90. The molecular formula is C11H13N3S. The van der Waals surface area contributed by atoms with Crippen molar-refractivity contribution in [3.63, 3.8) is 0 Å². The van der Waals surface area contributed by atoms with E-state index in [1.54, 1.807) is 0 Å². The summed E-state index contributed by atoms with van der Waals surface area (Å²) in [5.41, 5.74) is 1.07. The number of aromatic nitrogens is 3. The summed E-state index contributed by atoms with van der Waals surface area (Å²) in [6.07, 6.45) is 0. The molecule has 0 saturated heterocycles. The zero-order valence-corrected chi connectivity index (χ0v) is 9.65. The van der Waals surface area contributed by atoms with E-state index < -0.39 is 0 Å². The molecule has 3 nitrogen and oxygen atoms in total. The van der Waals surface area contributed by atoms with Gasteiger partial charge in [0, 0.05) is 11.6 Å². The van der Waals surface area contributed by atoms with Crippen molar-refractivity contribution in [1.29, 1.82) is 0 Å². The standard InChI is InChI=1S/C11H13N3S/c1-8(2)14-10(12-13-11(14)15)9-6-4-3-5-7-9/h3-8H,1-2H3,(H,13,15). The van der Waals surface area contributed by atoms with Gasteiger partial charge in [-0.25, -0.2) is 0 Å². The van der Waals surface area contributed by atoms with E-state index >= 15 is 0 Å². The molecule has 0 spiro atoms. The topological polar surface area (TPSA) is 30.7 Å². The highest BCUT2D eigenvalue weighted by Crippen LogP contribution is 2.23. The molecular weight excluding hydrogens is 206 g/mol. The van der Waals surface area contributed by atoms with Crippen molar-refractivity contribution >= 4 is 12.6 Å². The average molecular weight is 219 g/mol. The Bertz CT molecular complexity index is 448. The Balaban J connectivity index is 2.54.